The molecule has 1 aromatic heterocycles. The zero-order valence-electron chi connectivity index (χ0n) is 10.6. The lowest BCUT2D eigenvalue weighted by Crippen LogP contribution is -2.39. The number of carbonyl (C=O) groups excluding carboxylic acids is 2. The lowest BCUT2D eigenvalue weighted by atomic mass is 9.89. The second-order valence-electron chi connectivity index (χ2n) is 4.98. The fraction of sp³-hybridized carbons (Fsp3) is 0.538. The van der Waals surface area contributed by atoms with Crippen molar-refractivity contribution in [1.82, 2.24) is 10.2 Å². The SMILES string of the molecule is COC1(C=O)C(=O)C12CCN(c1cc[c]nn1)CC2. The highest BCUT2D eigenvalue weighted by Gasteiger charge is 2.78. The summed E-state index contributed by atoms with van der Waals surface area (Å²) >= 11 is 0. The molecule has 1 saturated heterocycles. The third-order valence-corrected chi connectivity index (χ3v) is 4.37. The van der Waals surface area contributed by atoms with Crippen LogP contribution in [-0.4, -0.2) is 48.1 Å². The van der Waals surface area contributed by atoms with E-state index in [1.807, 2.05) is 6.07 Å². The number of Topliss-reactive ketones (excluding diaryl/α,β-unsaturated/α-hetero) is 1. The van der Waals surface area contributed by atoms with Crippen molar-refractivity contribution in [2.45, 2.75) is 18.4 Å². The first-order valence-electron chi connectivity index (χ1n) is 6.21. The summed E-state index contributed by atoms with van der Waals surface area (Å²) in [4.78, 5) is 25.2. The molecule has 99 valence electrons. The summed E-state index contributed by atoms with van der Waals surface area (Å²) in [5.74, 6) is 0.695. The van der Waals surface area contributed by atoms with Crippen molar-refractivity contribution in [3.63, 3.8) is 0 Å². The number of aldehydes is 1. The first-order valence-corrected chi connectivity index (χ1v) is 6.21. The monoisotopic (exact) mass is 260 g/mol. The predicted molar refractivity (Wildman–Crippen MR) is 65.6 cm³/mol. The first kappa shape index (κ1) is 12.2. The van der Waals surface area contributed by atoms with Crippen LogP contribution in [0.5, 0.6) is 0 Å². The molecule has 0 N–H and O–H groups in total. The molecule has 6 nitrogen and oxygen atoms in total. The van der Waals surface area contributed by atoms with Gasteiger partial charge in [-0.15, -0.1) is 10.2 Å². The van der Waals surface area contributed by atoms with E-state index in [1.165, 1.54) is 7.11 Å². The average molecular weight is 260 g/mol. The van der Waals surface area contributed by atoms with Gasteiger partial charge < -0.3 is 9.64 Å². The third-order valence-electron chi connectivity index (χ3n) is 4.37. The maximum absolute atomic E-state index is 12.0. The molecule has 1 radical (unpaired) electrons. The third kappa shape index (κ3) is 1.46. The second-order valence-corrected chi connectivity index (χ2v) is 4.98. The van der Waals surface area contributed by atoms with Crippen LogP contribution in [0.2, 0.25) is 0 Å². The Kier molecular flexibility index (Phi) is 2.63. The number of aromatic nitrogens is 2. The minimum absolute atomic E-state index is 0.0790. The number of rotatable bonds is 3. The summed E-state index contributed by atoms with van der Waals surface area (Å²) in [6, 6.07) is 3.54. The maximum Gasteiger partial charge on any atom is 0.194 e. The quantitative estimate of drug-likeness (QED) is 0.564. The van der Waals surface area contributed by atoms with Gasteiger partial charge in [-0.1, -0.05) is 0 Å². The Hall–Kier alpha value is -1.82. The van der Waals surface area contributed by atoms with Gasteiger partial charge in [0.2, 0.25) is 0 Å². The highest BCUT2D eigenvalue weighted by atomic mass is 16.5. The van der Waals surface area contributed by atoms with Crippen molar-refractivity contribution in [3.8, 4) is 0 Å². The van der Waals surface area contributed by atoms with E-state index in [4.69, 9.17) is 4.74 Å². The van der Waals surface area contributed by atoms with Crippen molar-refractivity contribution in [3.05, 3.63) is 18.3 Å². The Morgan fingerprint density at radius 3 is 2.68 bits per heavy atom. The van der Waals surface area contributed by atoms with E-state index in [9.17, 15) is 9.59 Å². The molecule has 2 aliphatic rings. The molecule has 1 unspecified atom stereocenters. The molecule has 3 rings (SSSR count). The number of hydrogen-bond acceptors (Lipinski definition) is 6. The van der Waals surface area contributed by atoms with Crippen LogP contribution in [0.25, 0.3) is 0 Å². The fourth-order valence-corrected chi connectivity index (χ4v) is 3.12. The van der Waals surface area contributed by atoms with Gasteiger partial charge in [-0.05, 0) is 25.0 Å². The Morgan fingerprint density at radius 2 is 2.21 bits per heavy atom. The van der Waals surface area contributed by atoms with Gasteiger partial charge in [0.1, 0.15) is 6.20 Å². The molecule has 0 aromatic carbocycles. The summed E-state index contributed by atoms with van der Waals surface area (Å²) in [6.45, 7) is 1.34. The van der Waals surface area contributed by atoms with Crippen LogP contribution in [-0.2, 0) is 14.3 Å². The van der Waals surface area contributed by atoms with Gasteiger partial charge in [-0.2, -0.15) is 0 Å². The van der Waals surface area contributed by atoms with Crippen LogP contribution >= 0.6 is 0 Å². The number of methoxy groups -OCH3 is 1. The largest absolute Gasteiger partial charge is 0.362 e. The van der Waals surface area contributed by atoms with Crippen LogP contribution < -0.4 is 4.90 Å². The van der Waals surface area contributed by atoms with Gasteiger partial charge >= 0.3 is 0 Å². The highest BCUT2D eigenvalue weighted by molar-refractivity contribution is 6.23. The molecule has 0 bridgehead atoms. The minimum Gasteiger partial charge on any atom is -0.362 e. The topological polar surface area (TPSA) is 72.4 Å². The molecule has 2 fully saturated rings. The zero-order valence-corrected chi connectivity index (χ0v) is 10.6. The van der Waals surface area contributed by atoms with Gasteiger partial charge in [0.05, 0.1) is 5.41 Å². The lowest BCUT2D eigenvalue weighted by Gasteiger charge is -2.32. The Balaban J connectivity index is 1.75. The number of ketones is 1. The van der Waals surface area contributed by atoms with Crippen molar-refractivity contribution >= 4 is 17.9 Å². The molecular formula is C13H14N3O3. The average Bonchev–Trinajstić information content (AvgIpc) is 2.98. The van der Waals surface area contributed by atoms with Crippen molar-refractivity contribution in [2.24, 2.45) is 5.41 Å². The number of carbonyl (C=O) groups is 2. The first-order chi connectivity index (χ1) is 9.20. The van der Waals surface area contributed by atoms with E-state index in [1.54, 1.807) is 6.07 Å². The van der Waals surface area contributed by atoms with E-state index in [0.717, 1.165) is 5.82 Å². The molecule has 1 aliphatic carbocycles. The Morgan fingerprint density at radius 1 is 1.47 bits per heavy atom. The van der Waals surface area contributed by atoms with Crippen LogP contribution in [0.15, 0.2) is 12.1 Å². The van der Waals surface area contributed by atoms with Crippen molar-refractivity contribution in [1.29, 1.82) is 0 Å². The smallest absolute Gasteiger partial charge is 0.194 e. The normalized spacial score (nSPS) is 28.5. The van der Waals surface area contributed by atoms with Gasteiger partial charge in [0.25, 0.3) is 0 Å². The standard InChI is InChI=1S/C13H14N3O3/c1-19-13(9-17)11(18)12(13)4-7-16(8-5-12)10-3-2-6-14-15-10/h2-3,9H,4-5,7-8H2,1H3. The Labute approximate surface area is 110 Å². The molecule has 1 spiro atoms. The zero-order chi connectivity index (χ0) is 13.5. The van der Waals surface area contributed by atoms with E-state index in [2.05, 4.69) is 21.3 Å². The summed E-state index contributed by atoms with van der Waals surface area (Å²) < 4.78 is 5.18. The van der Waals surface area contributed by atoms with E-state index in [0.29, 0.717) is 32.2 Å². The van der Waals surface area contributed by atoms with Crippen molar-refractivity contribution in [2.75, 3.05) is 25.1 Å². The van der Waals surface area contributed by atoms with Crippen LogP contribution in [0.1, 0.15) is 12.8 Å². The minimum atomic E-state index is -1.20. The second kappa shape index (κ2) is 4.09. The lowest BCUT2D eigenvalue weighted by molar-refractivity contribution is -0.126. The highest BCUT2D eigenvalue weighted by Crippen LogP contribution is 2.59. The number of hydrogen-bond donors (Lipinski definition) is 0. The molecular weight excluding hydrogens is 246 g/mol. The summed E-state index contributed by atoms with van der Waals surface area (Å²) in [6.07, 6.45) is 4.51. The van der Waals surface area contributed by atoms with Crippen molar-refractivity contribution < 1.29 is 14.3 Å². The molecule has 0 amide bonds. The number of ether oxygens (including phenoxy) is 1. The van der Waals surface area contributed by atoms with E-state index in [-0.39, 0.29) is 5.78 Å². The number of piperidine rings is 1. The fourth-order valence-electron chi connectivity index (χ4n) is 3.12. The van der Waals surface area contributed by atoms with E-state index >= 15 is 0 Å². The summed E-state index contributed by atoms with van der Waals surface area (Å²) in [7, 11) is 1.42. The van der Waals surface area contributed by atoms with Gasteiger partial charge in [0.15, 0.2) is 23.5 Å². The predicted octanol–water partition coefficient (Wildman–Crippen LogP) is 0.0302. The number of anilines is 1. The van der Waals surface area contributed by atoms with E-state index < -0.39 is 11.0 Å². The molecule has 2 heterocycles. The summed E-state index contributed by atoms with van der Waals surface area (Å²) in [5.41, 5.74) is -1.82. The van der Waals surface area contributed by atoms with Crippen LogP contribution in [0, 0.1) is 11.6 Å². The molecule has 19 heavy (non-hydrogen) atoms. The van der Waals surface area contributed by atoms with Crippen LogP contribution in [0.4, 0.5) is 5.82 Å². The van der Waals surface area contributed by atoms with Gasteiger partial charge in [0, 0.05) is 20.2 Å². The van der Waals surface area contributed by atoms with Gasteiger partial charge in [-0.3, -0.25) is 9.59 Å². The molecule has 6 heteroatoms. The Bertz CT molecular complexity index is 511. The molecule has 1 saturated carbocycles. The number of nitrogens with zero attached hydrogens (tertiary/aromatic N) is 3. The van der Waals surface area contributed by atoms with Crippen LogP contribution in [0.3, 0.4) is 0 Å². The molecule has 1 atom stereocenters. The van der Waals surface area contributed by atoms with Gasteiger partial charge in [-0.25, -0.2) is 0 Å². The molecule has 1 aromatic rings. The molecule has 1 aliphatic heterocycles. The maximum atomic E-state index is 12.0. The summed E-state index contributed by atoms with van der Waals surface area (Å²) in [5, 5.41) is 7.72.